The van der Waals surface area contributed by atoms with Crippen LogP contribution < -0.4 is 16.0 Å². The van der Waals surface area contributed by atoms with Crippen LogP contribution in [0.25, 0.3) is 0 Å². The second kappa shape index (κ2) is 9.74. The topological polar surface area (TPSA) is 36.1 Å². The maximum absolute atomic E-state index is 11.9. The fourth-order valence-corrected chi connectivity index (χ4v) is 1.86. The number of alkyl halides is 2. The summed E-state index contributed by atoms with van der Waals surface area (Å²) in [6.07, 6.45) is 3.06. The highest BCUT2D eigenvalue weighted by Gasteiger charge is 2.11. The van der Waals surface area contributed by atoms with E-state index in [9.17, 15) is 8.78 Å². The third-order valence-electron chi connectivity index (χ3n) is 2.96. The molecule has 102 valence electrons. The average Bonchev–Trinajstić information content (AvgIpc) is 2.99. The van der Waals surface area contributed by atoms with E-state index in [0.29, 0.717) is 25.9 Å². The summed E-state index contributed by atoms with van der Waals surface area (Å²) in [6, 6.07) is 0. The summed E-state index contributed by atoms with van der Waals surface area (Å²) in [7, 11) is 0. The van der Waals surface area contributed by atoms with Gasteiger partial charge in [0.2, 0.25) is 0 Å². The lowest BCUT2D eigenvalue weighted by molar-refractivity contribution is 0.361. The lowest BCUT2D eigenvalue weighted by Crippen LogP contribution is -2.08. The molecular formula is C12H25F2N3. The van der Waals surface area contributed by atoms with Crippen molar-refractivity contribution in [1.82, 2.24) is 16.0 Å². The molecule has 3 aliphatic heterocycles. The van der Waals surface area contributed by atoms with E-state index in [0.717, 1.165) is 13.1 Å². The lowest BCUT2D eigenvalue weighted by Gasteiger charge is -1.86. The van der Waals surface area contributed by atoms with E-state index in [-0.39, 0.29) is 0 Å². The van der Waals surface area contributed by atoms with Crippen molar-refractivity contribution < 1.29 is 8.78 Å². The zero-order valence-electron chi connectivity index (χ0n) is 10.5. The largest absolute Gasteiger partial charge is 0.317 e. The van der Waals surface area contributed by atoms with Crippen LogP contribution in [0.3, 0.4) is 0 Å². The summed E-state index contributed by atoms with van der Waals surface area (Å²) in [6.45, 7) is 5.36. The summed E-state index contributed by atoms with van der Waals surface area (Å²) >= 11 is 0. The van der Waals surface area contributed by atoms with Gasteiger partial charge in [-0.2, -0.15) is 0 Å². The zero-order valence-corrected chi connectivity index (χ0v) is 10.5. The minimum Gasteiger partial charge on any atom is -0.317 e. The Morgan fingerprint density at radius 2 is 1.12 bits per heavy atom. The third-order valence-corrected chi connectivity index (χ3v) is 2.96. The molecular weight excluding hydrogens is 224 g/mol. The van der Waals surface area contributed by atoms with Gasteiger partial charge in [0, 0.05) is 13.1 Å². The smallest absolute Gasteiger partial charge is 0.114 e. The Morgan fingerprint density at radius 1 is 0.647 bits per heavy atom. The van der Waals surface area contributed by atoms with E-state index in [1.807, 2.05) is 0 Å². The maximum atomic E-state index is 11.9. The van der Waals surface area contributed by atoms with Crippen LogP contribution in [0.5, 0.6) is 0 Å². The molecule has 2 atom stereocenters. The van der Waals surface area contributed by atoms with Gasteiger partial charge in [0.15, 0.2) is 0 Å². The summed E-state index contributed by atoms with van der Waals surface area (Å²) in [5, 5.41) is 9.02. The number of nitrogens with one attached hydrogen (secondary N) is 3. The molecule has 0 spiro atoms. The molecule has 3 heterocycles. The van der Waals surface area contributed by atoms with Crippen molar-refractivity contribution >= 4 is 0 Å². The zero-order chi connectivity index (χ0) is 12.3. The van der Waals surface area contributed by atoms with Crippen LogP contribution in [-0.4, -0.2) is 51.6 Å². The first kappa shape index (κ1) is 14.8. The maximum Gasteiger partial charge on any atom is 0.114 e. The fourth-order valence-electron chi connectivity index (χ4n) is 1.86. The second-order valence-corrected chi connectivity index (χ2v) is 4.64. The van der Waals surface area contributed by atoms with Crippen molar-refractivity contribution in [2.45, 2.75) is 38.0 Å². The molecule has 0 aromatic heterocycles. The van der Waals surface area contributed by atoms with E-state index in [1.54, 1.807) is 0 Å². The van der Waals surface area contributed by atoms with Gasteiger partial charge in [0.1, 0.15) is 12.3 Å². The minimum atomic E-state index is -0.565. The molecule has 0 amide bonds. The first-order valence-corrected chi connectivity index (χ1v) is 6.69. The molecule has 3 N–H and O–H groups in total. The summed E-state index contributed by atoms with van der Waals surface area (Å²) in [5.74, 6) is 0. The van der Waals surface area contributed by atoms with Crippen molar-refractivity contribution in [2.24, 2.45) is 0 Å². The van der Waals surface area contributed by atoms with E-state index in [2.05, 4.69) is 16.0 Å². The standard InChI is InChI=1S/2C4H8FN.C4H9N/c2*5-4-1-2-6-3-4;1-2-4-5-3-1/h2*4,6H,1-3H2;5H,1-4H2/t4-;;/m0../s1. The van der Waals surface area contributed by atoms with E-state index in [4.69, 9.17) is 0 Å². The molecule has 3 nitrogen and oxygen atoms in total. The third kappa shape index (κ3) is 8.46. The Bertz CT molecular complexity index is 144. The Kier molecular flexibility index (Phi) is 8.48. The Morgan fingerprint density at radius 3 is 1.24 bits per heavy atom. The molecule has 17 heavy (non-hydrogen) atoms. The van der Waals surface area contributed by atoms with Gasteiger partial charge in [0.25, 0.3) is 0 Å². The van der Waals surface area contributed by atoms with Crippen molar-refractivity contribution in [1.29, 1.82) is 0 Å². The summed E-state index contributed by atoms with van der Waals surface area (Å²) < 4.78 is 23.7. The van der Waals surface area contributed by atoms with Gasteiger partial charge in [-0.3, -0.25) is 0 Å². The molecule has 0 radical (unpaired) electrons. The van der Waals surface area contributed by atoms with Crippen LogP contribution in [-0.2, 0) is 0 Å². The highest BCUT2D eigenvalue weighted by atomic mass is 19.1. The molecule has 0 aliphatic carbocycles. The van der Waals surface area contributed by atoms with Gasteiger partial charge in [-0.1, -0.05) is 0 Å². The minimum absolute atomic E-state index is 0.565. The highest BCUT2D eigenvalue weighted by molar-refractivity contribution is 4.68. The van der Waals surface area contributed by atoms with Crippen molar-refractivity contribution in [2.75, 3.05) is 39.3 Å². The molecule has 3 saturated heterocycles. The number of hydrogen-bond donors (Lipinski definition) is 3. The Hall–Kier alpha value is -0.260. The van der Waals surface area contributed by atoms with Gasteiger partial charge in [0.05, 0.1) is 0 Å². The predicted octanol–water partition coefficient (Wildman–Crippen LogP) is 1.01. The number of halogens is 2. The van der Waals surface area contributed by atoms with Crippen LogP contribution in [0, 0.1) is 0 Å². The quantitative estimate of drug-likeness (QED) is 0.599. The number of hydrogen-bond acceptors (Lipinski definition) is 3. The molecule has 0 aromatic rings. The number of rotatable bonds is 0. The fraction of sp³-hybridized carbons (Fsp3) is 1.00. The van der Waals surface area contributed by atoms with E-state index in [1.165, 1.54) is 25.9 Å². The molecule has 5 heteroatoms. The van der Waals surface area contributed by atoms with E-state index >= 15 is 0 Å². The molecule has 0 aromatic carbocycles. The van der Waals surface area contributed by atoms with Gasteiger partial charge in [-0.25, -0.2) is 8.78 Å². The van der Waals surface area contributed by atoms with Crippen molar-refractivity contribution in [3.63, 3.8) is 0 Å². The van der Waals surface area contributed by atoms with Gasteiger partial charge in [-0.15, -0.1) is 0 Å². The normalized spacial score (nSPS) is 31.4. The van der Waals surface area contributed by atoms with Crippen LogP contribution in [0.2, 0.25) is 0 Å². The molecule has 0 saturated carbocycles. The van der Waals surface area contributed by atoms with Crippen LogP contribution in [0.1, 0.15) is 25.7 Å². The first-order valence-electron chi connectivity index (χ1n) is 6.69. The van der Waals surface area contributed by atoms with Gasteiger partial charge >= 0.3 is 0 Å². The predicted molar refractivity (Wildman–Crippen MR) is 66.9 cm³/mol. The van der Waals surface area contributed by atoms with Crippen LogP contribution in [0.15, 0.2) is 0 Å². The second-order valence-electron chi connectivity index (χ2n) is 4.64. The first-order chi connectivity index (χ1) is 8.29. The van der Waals surface area contributed by atoms with Crippen LogP contribution in [0.4, 0.5) is 8.78 Å². The summed E-state index contributed by atoms with van der Waals surface area (Å²) in [4.78, 5) is 0. The highest BCUT2D eigenvalue weighted by Crippen LogP contribution is 2.00. The van der Waals surface area contributed by atoms with E-state index < -0.39 is 12.3 Å². The molecule has 3 rings (SSSR count). The average molecular weight is 249 g/mol. The molecule has 3 aliphatic rings. The SMILES string of the molecule is C1CCNC1.FC1CCNC1.F[C@H]1CCNC1. The Balaban J connectivity index is 0.000000128. The lowest BCUT2D eigenvalue weighted by atomic mass is 10.4. The van der Waals surface area contributed by atoms with Crippen molar-refractivity contribution in [3.8, 4) is 0 Å². The molecule has 1 unspecified atom stereocenters. The van der Waals surface area contributed by atoms with Crippen LogP contribution >= 0.6 is 0 Å². The monoisotopic (exact) mass is 249 g/mol. The van der Waals surface area contributed by atoms with Gasteiger partial charge < -0.3 is 16.0 Å². The molecule has 3 fully saturated rings. The molecule has 0 bridgehead atoms. The Labute approximate surface area is 103 Å². The summed E-state index contributed by atoms with van der Waals surface area (Å²) in [5.41, 5.74) is 0. The van der Waals surface area contributed by atoms with Gasteiger partial charge in [-0.05, 0) is 51.9 Å². The van der Waals surface area contributed by atoms with Crippen molar-refractivity contribution in [3.05, 3.63) is 0 Å².